The number of anilines is 3. The fraction of sp³-hybridized carbons (Fsp3) is 0. The van der Waals surface area contributed by atoms with E-state index in [1.807, 2.05) is 30.3 Å². The number of hydrogen-bond donors (Lipinski definition) is 2. The van der Waals surface area contributed by atoms with Crippen LogP contribution in [0.4, 0.5) is 17.2 Å². The Hall–Kier alpha value is -3.90. The van der Waals surface area contributed by atoms with E-state index in [9.17, 15) is 4.79 Å². The van der Waals surface area contributed by atoms with E-state index >= 15 is 0 Å². The number of nitrogens with zero attached hydrogens (tertiary/aromatic N) is 2. The van der Waals surface area contributed by atoms with E-state index in [0.29, 0.717) is 39.3 Å². The van der Waals surface area contributed by atoms with Crippen molar-refractivity contribution < 1.29 is 9.53 Å². The largest absolute Gasteiger partial charge is 0.456 e. The average Bonchev–Trinajstić information content (AvgIpc) is 2.77. The first kappa shape index (κ1) is 19.4. The summed E-state index contributed by atoms with van der Waals surface area (Å²) in [6, 6.07) is 21.2. The third kappa shape index (κ3) is 4.74. The van der Waals surface area contributed by atoms with Gasteiger partial charge in [-0.2, -0.15) is 0 Å². The molecule has 7 heteroatoms. The molecule has 4 rings (SSSR count). The summed E-state index contributed by atoms with van der Waals surface area (Å²) in [4.78, 5) is 20.8. The van der Waals surface area contributed by atoms with Crippen molar-refractivity contribution in [2.45, 2.75) is 0 Å². The summed E-state index contributed by atoms with van der Waals surface area (Å²) in [5.74, 6) is 1.22. The van der Waals surface area contributed by atoms with E-state index in [-0.39, 0.29) is 5.91 Å². The van der Waals surface area contributed by atoms with Crippen LogP contribution in [0.5, 0.6) is 11.5 Å². The maximum absolute atomic E-state index is 12.7. The van der Waals surface area contributed by atoms with Crippen LogP contribution in [0, 0.1) is 6.20 Å². The maximum Gasteiger partial charge on any atom is 0.259 e. The van der Waals surface area contributed by atoms with Crippen LogP contribution in [0.1, 0.15) is 10.4 Å². The predicted molar refractivity (Wildman–Crippen MR) is 117 cm³/mol. The van der Waals surface area contributed by atoms with Crippen LogP contribution in [0.15, 0.2) is 85.2 Å². The summed E-state index contributed by atoms with van der Waals surface area (Å²) in [6.07, 6.45) is 5.90. The highest BCUT2D eigenvalue weighted by Gasteiger charge is 2.13. The van der Waals surface area contributed by atoms with Crippen molar-refractivity contribution in [1.29, 1.82) is 0 Å². The molecule has 0 saturated heterocycles. The van der Waals surface area contributed by atoms with Crippen LogP contribution in [0.2, 0.25) is 5.02 Å². The zero-order valence-corrected chi connectivity index (χ0v) is 16.4. The summed E-state index contributed by atoms with van der Waals surface area (Å²) >= 11 is 6.36. The lowest BCUT2D eigenvalue weighted by Crippen LogP contribution is -2.14. The standard InChI is InChI=1S/C23H16ClN4O2/c24-20-15-17(8-9-21(20)30-18-10-13-25-14-11-18)27-22-19(7-4-12-26-22)23(29)28-16-5-2-1-3-6-16/h1-13,15H,(H,26,27)(H,28,29). The minimum atomic E-state index is -0.267. The molecule has 2 aromatic heterocycles. The fourth-order valence-corrected chi connectivity index (χ4v) is 2.92. The topological polar surface area (TPSA) is 76.1 Å². The molecule has 0 bridgehead atoms. The van der Waals surface area contributed by atoms with Crippen LogP contribution in [-0.4, -0.2) is 15.9 Å². The molecule has 1 radical (unpaired) electrons. The number of ether oxygens (including phenoxy) is 1. The first-order valence-electron chi connectivity index (χ1n) is 9.07. The van der Waals surface area contributed by atoms with Crippen molar-refractivity contribution in [2.75, 3.05) is 10.6 Å². The van der Waals surface area contributed by atoms with Crippen molar-refractivity contribution in [3.63, 3.8) is 0 Å². The molecule has 0 aliphatic rings. The third-order valence-corrected chi connectivity index (χ3v) is 4.40. The van der Waals surface area contributed by atoms with Gasteiger partial charge in [-0.05, 0) is 48.5 Å². The molecule has 0 unspecified atom stereocenters. The Morgan fingerprint density at radius 3 is 2.60 bits per heavy atom. The zero-order valence-electron chi connectivity index (χ0n) is 15.7. The van der Waals surface area contributed by atoms with Crippen molar-refractivity contribution in [3.8, 4) is 11.5 Å². The summed E-state index contributed by atoms with van der Waals surface area (Å²) in [5, 5.41) is 6.41. The van der Waals surface area contributed by atoms with Crippen molar-refractivity contribution in [1.82, 2.24) is 9.97 Å². The Morgan fingerprint density at radius 2 is 1.83 bits per heavy atom. The van der Waals surface area contributed by atoms with Gasteiger partial charge < -0.3 is 15.4 Å². The van der Waals surface area contributed by atoms with E-state index in [0.717, 1.165) is 0 Å². The minimum Gasteiger partial charge on any atom is -0.456 e. The van der Waals surface area contributed by atoms with Gasteiger partial charge in [0.2, 0.25) is 0 Å². The number of hydrogen-bond acceptors (Lipinski definition) is 5. The number of nitrogens with one attached hydrogen (secondary N) is 2. The van der Waals surface area contributed by atoms with E-state index in [1.165, 1.54) is 0 Å². The van der Waals surface area contributed by atoms with Gasteiger partial charge in [-0.25, -0.2) is 4.98 Å². The molecule has 6 nitrogen and oxygen atoms in total. The summed E-state index contributed by atoms with van der Waals surface area (Å²) in [6.45, 7) is 0. The maximum atomic E-state index is 12.7. The van der Waals surface area contributed by atoms with E-state index < -0.39 is 0 Å². The quantitative estimate of drug-likeness (QED) is 0.421. The van der Waals surface area contributed by atoms with Gasteiger partial charge in [-0.1, -0.05) is 29.8 Å². The van der Waals surface area contributed by atoms with Crippen molar-refractivity contribution in [2.24, 2.45) is 0 Å². The Balaban J connectivity index is 1.52. The number of aromatic nitrogens is 2. The molecule has 0 aliphatic heterocycles. The van der Waals surface area contributed by atoms with Gasteiger partial charge >= 0.3 is 0 Å². The second-order valence-corrected chi connectivity index (χ2v) is 6.62. The first-order valence-corrected chi connectivity index (χ1v) is 9.45. The van der Waals surface area contributed by atoms with Crippen molar-refractivity contribution in [3.05, 3.63) is 102 Å². The molecule has 0 fully saturated rings. The molecular weight excluding hydrogens is 400 g/mol. The van der Waals surface area contributed by atoms with E-state index in [4.69, 9.17) is 16.3 Å². The highest BCUT2D eigenvalue weighted by Crippen LogP contribution is 2.32. The molecule has 4 aromatic rings. The number of halogens is 1. The van der Waals surface area contributed by atoms with Gasteiger partial charge in [0.25, 0.3) is 5.91 Å². The van der Waals surface area contributed by atoms with Gasteiger partial charge in [0, 0.05) is 29.8 Å². The molecular formula is C23H16ClN4O2. The Labute approximate surface area is 178 Å². The van der Waals surface area contributed by atoms with Crippen LogP contribution >= 0.6 is 11.6 Å². The molecule has 0 saturated carbocycles. The lowest BCUT2D eigenvalue weighted by Gasteiger charge is -2.13. The second-order valence-electron chi connectivity index (χ2n) is 6.21. The number of amides is 1. The number of pyridine rings is 2. The van der Waals surface area contributed by atoms with Gasteiger partial charge in [0.15, 0.2) is 0 Å². The number of carbonyl (C=O) groups is 1. The Bertz CT molecular complexity index is 1150. The first-order chi connectivity index (χ1) is 14.7. The van der Waals surface area contributed by atoms with Crippen molar-refractivity contribution >= 4 is 34.7 Å². The lowest BCUT2D eigenvalue weighted by molar-refractivity contribution is 0.102. The lowest BCUT2D eigenvalue weighted by atomic mass is 10.2. The minimum absolute atomic E-state index is 0.267. The summed E-state index contributed by atoms with van der Waals surface area (Å²) in [7, 11) is 0. The normalized spacial score (nSPS) is 10.3. The molecule has 0 spiro atoms. The van der Waals surface area contributed by atoms with Gasteiger partial charge in [-0.15, -0.1) is 0 Å². The van der Waals surface area contributed by atoms with Gasteiger partial charge in [0.05, 0.1) is 16.8 Å². The smallest absolute Gasteiger partial charge is 0.259 e. The third-order valence-electron chi connectivity index (χ3n) is 4.10. The molecule has 2 aromatic carbocycles. The highest BCUT2D eigenvalue weighted by molar-refractivity contribution is 6.32. The Morgan fingerprint density at radius 1 is 0.967 bits per heavy atom. The molecule has 2 heterocycles. The van der Waals surface area contributed by atoms with E-state index in [2.05, 4.69) is 26.8 Å². The van der Waals surface area contributed by atoms with E-state index in [1.54, 1.807) is 54.9 Å². The molecule has 0 atom stereocenters. The average molecular weight is 416 g/mol. The SMILES string of the molecule is O=C(Nc1ccccc1)c1cccnc1Nc1ccc(Oc2c[c]ncc2)c(Cl)c1. The molecule has 2 N–H and O–H groups in total. The van der Waals surface area contributed by atoms with Crippen LogP contribution in [0.25, 0.3) is 0 Å². The zero-order chi connectivity index (χ0) is 20.8. The summed E-state index contributed by atoms with van der Waals surface area (Å²) < 4.78 is 5.73. The monoisotopic (exact) mass is 415 g/mol. The molecule has 147 valence electrons. The second kappa shape index (κ2) is 9.07. The molecule has 30 heavy (non-hydrogen) atoms. The van der Waals surface area contributed by atoms with Crippen LogP contribution < -0.4 is 15.4 Å². The molecule has 0 aliphatic carbocycles. The number of rotatable bonds is 6. The van der Waals surface area contributed by atoms with Crippen LogP contribution in [0.3, 0.4) is 0 Å². The van der Waals surface area contributed by atoms with Gasteiger partial charge in [-0.3, -0.25) is 9.78 Å². The number of carbonyl (C=O) groups excluding carboxylic acids is 1. The Kier molecular flexibility index (Phi) is 5.87. The highest BCUT2D eigenvalue weighted by atomic mass is 35.5. The van der Waals surface area contributed by atoms with Gasteiger partial charge in [0.1, 0.15) is 17.3 Å². The molecule has 1 amide bonds. The summed E-state index contributed by atoms with van der Waals surface area (Å²) in [5.41, 5.74) is 1.78. The number of para-hydroxylation sites is 1. The number of benzene rings is 2. The fourth-order valence-electron chi connectivity index (χ4n) is 2.70. The predicted octanol–water partition coefficient (Wildman–Crippen LogP) is 5.72. The van der Waals surface area contributed by atoms with Crippen LogP contribution in [-0.2, 0) is 0 Å².